The van der Waals surface area contributed by atoms with E-state index in [1.165, 1.54) is 0 Å². The molecular formula is C13H14ClN3. The third kappa shape index (κ3) is 2.68. The highest BCUT2D eigenvalue weighted by atomic mass is 35.5. The Morgan fingerprint density at radius 1 is 1.18 bits per heavy atom. The molecule has 0 spiro atoms. The predicted octanol–water partition coefficient (Wildman–Crippen LogP) is 3.68. The predicted molar refractivity (Wildman–Crippen MR) is 72.9 cm³/mol. The summed E-state index contributed by atoms with van der Waals surface area (Å²) >= 11 is 6.14. The lowest BCUT2D eigenvalue weighted by Gasteiger charge is -2.10. The molecule has 4 heteroatoms. The number of halogens is 1. The molecule has 0 saturated carbocycles. The van der Waals surface area contributed by atoms with E-state index < -0.39 is 0 Å². The highest BCUT2D eigenvalue weighted by Gasteiger charge is 2.05. The zero-order chi connectivity index (χ0) is 12.4. The highest BCUT2D eigenvalue weighted by molar-refractivity contribution is 6.33. The second-order valence-electron chi connectivity index (χ2n) is 4.00. The van der Waals surface area contributed by atoms with Crippen LogP contribution in [0.2, 0.25) is 5.02 Å². The van der Waals surface area contributed by atoms with E-state index in [1.54, 1.807) is 0 Å². The lowest BCUT2D eigenvalue weighted by Crippen LogP contribution is -2.00. The largest absolute Gasteiger partial charge is 0.396 e. The minimum absolute atomic E-state index is 0.604. The first-order chi connectivity index (χ1) is 8.06. The van der Waals surface area contributed by atoms with E-state index >= 15 is 0 Å². The second kappa shape index (κ2) is 4.63. The number of hydrogen-bond acceptors (Lipinski definition) is 3. The van der Waals surface area contributed by atoms with E-state index in [-0.39, 0.29) is 0 Å². The maximum absolute atomic E-state index is 6.14. The first-order valence-electron chi connectivity index (χ1n) is 5.32. The topological polar surface area (TPSA) is 50.9 Å². The lowest BCUT2D eigenvalue weighted by atomic mass is 10.2. The summed E-state index contributed by atoms with van der Waals surface area (Å²) in [5.74, 6) is 0.635. The van der Waals surface area contributed by atoms with Crippen LogP contribution in [-0.2, 0) is 0 Å². The molecule has 0 unspecified atom stereocenters. The van der Waals surface area contributed by atoms with Crippen molar-refractivity contribution in [3.63, 3.8) is 0 Å². The fourth-order valence-electron chi connectivity index (χ4n) is 1.52. The SMILES string of the molecule is Cc1ccc(Nc2nc(C)ccc2N)c(Cl)c1. The van der Waals surface area contributed by atoms with Crippen LogP contribution in [0.5, 0.6) is 0 Å². The number of hydrogen-bond donors (Lipinski definition) is 2. The molecule has 0 bridgehead atoms. The first-order valence-corrected chi connectivity index (χ1v) is 5.70. The van der Waals surface area contributed by atoms with Crippen molar-refractivity contribution in [3.05, 3.63) is 46.6 Å². The smallest absolute Gasteiger partial charge is 0.153 e. The van der Waals surface area contributed by atoms with Crippen LogP contribution in [-0.4, -0.2) is 4.98 Å². The van der Waals surface area contributed by atoms with Crippen molar-refractivity contribution in [2.45, 2.75) is 13.8 Å². The summed E-state index contributed by atoms with van der Waals surface area (Å²) in [6.07, 6.45) is 0. The molecule has 0 amide bonds. The van der Waals surface area contributed by atoms with E-state index in [0.29, 0.717) is 16.5 Å². The van der Waals surface area contributed by atoms with Crippen molar-refractivity contribution < 1.29 is 0 Å². The normalized spacial score (nSPS) is 10.3. The maximum Gasteiger partial charge on any atom is 0.153 e. The molecule has 0 radical (unpaired) electrons. The summed E-state index contributed by atoms with van der Waals surface area (Å²) in [4.78, 5) is 4.34. The van der Waals surface area contributed by atoms with Gasteiger partial charge in [0.25, 0.3) is 0 Å². The maximum atomic E-state index is 6.14. The number of nitrogens with zero attached hydrogens (tertiary/aromatic N) is 1. The van der Waals surface area contributed by atoms with Crippen molar-refractivity contribution in [1.82, 2.24) is 4.98 Å². The van der Waals surface area contributed by atoms with Gasteiger partial charge in [0.15, 0.2) is 5.82 Å². The number of benzene rings is 1. The number of pyridine rings is 1. The van der Waals surface area contributed by atoms with Gasteiger partial charge in [0.05, 0.1) is 16.4 Å². The number of nitrogen functional groups attached to an aromatic ring is 1. The Morgan fingerprint density at radius 2 is 1.94 bits per heavy atom. The van der Waals surface area contributed by atoms with Crippen LogP contribution in [0.1, 0.15) is 11.3 Å². The van der Waals surface area contributed by atoms with Crippen LogP contribution in [0.15, 0.2) is 30.3 Å². The van der Waals surface area contributed by atoms with Gasteiger partial charge in [0, 0.05) is 5.69 Å². The van der Waals surface area contributed by atoms with Gasteiger partial charge in [-0.2, -0.15) is 0 Å². The zero-order valence-corrected chi connectivity index (χ0v) is 10.5. The molecule has 17 heavy (non-hydrogen) atoms. The van der Waals surface area contributed by atoms with Gasteiger partial charge in [-0.25, -0.2) is 4.98 Å². The number of nitrogens with two attached hydrogens (primary N) is 1. The van der Waals surface area contributed by atoms with Gasteiger partial charge in [0.2, 0.25) is 0 Å². The Kier molecular flexibility index (Phi) is 3.20. The number of aryl methyl sites for hydroxylation is 2. The molecule has 0 saturated heterocycles. The molecule has 0 fully saturated rings. The van der Waals surface area contributed by atoms with Gasteiger partial charge in [0.1, 0.15) is 0 Å². The molecule has 0 aliphatic carbocycles. The Morgan fingerprint density at radius 3 is 2.65 bits per heavy atom. The van der Waals surface area contributed by atoms with Crippen LogP contribution < -0.4 is 11.1 Å². The Labute approximate surface area is 106 Å². The molecule has 0 atom stereocenters. The minimum Gasteiger partial charge on any atom is -0.396 e. The summed E-state index contributed by atoms with van der Waals surface area (Å²) in [6, 6.07) is 9.50. The summed E-state index contributed by atoms with van der Waals surface area (Å²) in [6.45, 7) is 3.91. The van der Waals surface area contributed by atoms with Gasteiger partial charge in [-0.15, -0.1) is 0 Å². The first kappa shape index (κ1) is 11.7. The van der Waals surface area contributed by atoms with Crippen LogP contribution in [0.3, 0.4) is 0 Å². The summed E-state index contributed by atoms with van der Waals surface area (Å²) in [7, 11) is 0. The van der Waals surface area contributed by atoms with Gasteiger partial charge in [-0.1, -0.05) is 17.7 Å². The van der Waals surface area contributed by atoms with E-state index in [1.807, 2.05) is 44.2 Å². The molecule has 1 heterocycles. The highest BCUT2D eigenvalue weighted by Crippen LogP contribution is 2.27. The third-order valence-corrected chi connectivity index (χ3v) is 2.76. The van der Waals surface area contributed by atoms with Crippen molar-refractivity contribution in [2.24, 2.45) is 0 Å². The summed E-state index contributed by atoms with van der Waals surface area (Å²) in [5.41, 5.74) is 9.28. The number of anilines is 3. The fraction of sp³-hybridized carbons (Fsp3) is 0.154. The number of rotatable bonds is 2. The van der Waals surface area contributed by atoms with Crippen LogP contribution >= 0.6 is 11.6 Å². The summed E-state index contributed by atoms with van der Waals surface area (Å²) < 4.78 is 0. The van der Waals surface area contributed by atoms with Gasteiger partial charge in [-0.05, 0) is 43.7 Å². The molecule has 2 rings (SSSR count). The van der Waals surface area contributed by atoms with Crippen LogP contribution in [0.25, 0.3) is 0 Å². The number of aromatic nitrogens is 1. The minimum atomic E-state index is 0.604. The van der Waals surface area contributed by atoms with Crippen molar-refractivity contribution >= 4 is 28.8 Å². The van der Waals surface area contributed by atoms with Crippen molar-refractivity contribution in [1.29, 1.82) is 0 Å². The van der Waals surface area contributed by atoms with Gasteiger partial charge in [-0.3, -0.25) is 0 Å². The van der Waals surface area contributed by atoms with E-state index in [4.69, 9.17) is 17.3 Å². The van der Waals surface area contributed by atoms with Gasteiger partial charge >= 0.3 is 0 Å². The van der Waals surface area contributed by atoms with Crippen molar-refractivity contribution in [3.8, 4) is 0 Å². The quantitative estimate of drug-likeness (QED) is 0.851. The summed E-state index contributed by atoms with van der Waals surface area (Å²) in [5, 5.41) is 3.80. The number of nitrogens with one attached hydrogen (secondary N) is 1. The molecular weight excluding hydrogens is 234 g/mol. The standard InChI is InChI=1S/C13H14ClN3/c1-8-3-6-12(10(14)7-8)17-13-11(15)5-4-9(2)16-13/h3-7H,15H2,1-2H3,(H,16,17). The average molecular weight is 248 g/mol. The Hall–Kier alpha value is -1.74. The molecule has 2 aromatic rings. The van der Waals surface area contributed by atoms with Gasteiger partial charge < -0.3 is 11.1 Å². The molecule has 1 aromatic carbocycles. The van der Waals surface area contributed by atoms with Crippen LogP contribution in [0, 0.1) is 13.8 Å². The zero-order valence-electron chi connectivity index (χ0n) is 9.79. The molecule has 0 aliphatic rings. The molecule has 3 N–H and O–H groups in total. The lowest BCUT2D eigenvalue weighted by molar-refractivity contribution is 1.20. The van der Waals surface area contributed by atoms with E-state index in [0.717, 1.165) is 16.9 Å². The Bertz CT molecular complexity index is 552. The molecule has 1 aromatic heterocycles. The average Bonchev–Trinajstić information content (AvgIpc) is 2.27. The molecule has 3 nitrogen and oxygen atoms in total. The fourth-order valence-corrected chi connectivity index (χ4v) is 1.80. The Balaban J connectivity index is 2.34. The van der Waals surface area contributed by atoms with E-state index in [2.05, 4.69) is 10.3 Å². The molecule has 88 valence electrons. The third-order valence-electron chi connectivity index (χ3n) is 2.44. The monoisotopic (exact) mass is 247 g/mol. The van der Waals surface area contributed by atoms with Crippen LogP contribution in [0.4, 0.5) is 17.2 Å². The molecule has 0 aliphatic heterocycles. The van der Waals surface area contributed by atoms with Crippen molar-refractivity contribution in [2.75, 3.05) is 11.1 Å². The second-order valence-corrected chi connectivity index (χ2v) is 4.41. The van der Waals surface area contributed by atoms with E-state index in [9.17, 15) is 0 Å².